The number of aliphatic hydroxyl groups excluding tert-OH is 1. The van der Waals surface area contributed by atoms with Crippen molar-refractivity contribution in [3.8, 4) is 0 Å². The first kappa shape index (κ1) is 18.0. The summed E-state index contributed by atoms with van der Waals surface area (Å²) in [6.45, 7) is 6.27. The van der Waals surface area contributed by atoms with Crippen LogP contribution in [0.3, 0.4) is 0 Å². The maximum Gasteiger partial charge on any atom is 0.410 e. The average Bonchev–Trinajstić information content (AvgIpc) is 2.54. The van der Waals surface area contributed by atoms with E-state index in [4.69, 9.17) is 4.74 Å². The van der Waals surface area contributed by atoms with Gasteiger partial charge in [-0.3, -0.25) is 0 Å². The second-order valence-corrected chi connectivity index (χ2v) is 9.20. The minimum Gasteiger partial charge on any atom is -0.444 e. The summed E-state index contributed by atoms with van der Waals surface area (Å²) >= 11 is 0. The van der Waals surface area contributed by atoms with E-state index >= 15 is 0 Å². The van der Waals surface area contributed by atoms with Crippen molar-refractivity contribution in [2.24, 2.45) is 11.3 Å². The van der Waals surface area contributed by atoms with Crippen LogP contribution in [0.5, 0.6) is 0 Å². The summed E-state index contributed by atoms with van der Waals surface area (Å²) in [6.07, 6.45) is 7.07. The van der Waals surface area contributed by atoms with Gasteiger partial charge in [0.15, 0.2) is 0 Å². The molecule has 3 unspecified atom stereocenters. The first-order chi connectivity index (χ1) is 11.2. The van der Waals surface area contributed by atoms with Crippen molar-refractivity contribution >= 4 is 6.09 Å². The van der Waals surface area contributed by atoms with E-state index in [0.717, 1.165) is 51.4 Å². The van der Waals surface area contributed by atoms with Crippen LogP contribution in [-0.4, -0.2) is 51.6 Å². The van der Waals surface area contributed by atoms with Crippen LogP contribution in [0.2, 0.25) is 0 Å². The Balaban J connectivity index is 1.89. The van der Waals surface area contributed by atoms with Crippen molar-refractivity contribution in [2.45, 2.75) is 89.4 Å². The molecule has 1 amide bonds. The Morgan fingerprint density at radius 2 is 1.88 bits per heavy atom. The van der Waals surface area contributed by atoms with E-state index in [2.05, 4.69) is 0 Å². The summed E-state index contributed by atoms with van der Waals surface area (Å²) in [5, 5.41) is 21.8. The van der Waals surface area contributed by atoms with Crippen LogP contribution in [0.1, 0.15) is 72.1 Å². The summed E-state index contributed by atoms with van der Waals surface area (Å²) < 4.78 is 5.61. The number of nitrogens with zero attached hydrogens (tertiary/aromatic N) is 1. The first-order valence-electron chi connectivity index (χ1n) is 9.54. The lowest BCUT2D eigenvalue weighted by atomic mass is 9.52. The zero-order valence-corrected chi connectivity index (χ0v) is 15.4. The number of amides is 1. The summed E-state index contributed by atoms with van der Waals surface area (Å²) in [4.78, 5) is 14.5. The number of carbonyl (C=O) groups excluding carboxylic acids is 1. The second-order valence-electron chi connectivity index (χ2n) is 9.20. The van der Waals surface area contributed by atoms with Crippen molar-refractivity contribution in [3.63, 3.8) is 0 Å². The van der Waals surface area contributed by atoms with Crippen LogP contribution >= 0.6 is 0 Å². The highest BCUT2D eigenvalue weighted by molar-refractivity contribution is 5.69. The van der Waals surface area contributed by atoms with Gasteiger partial charge >= 0.3 is 6.09 Å². The van der Waals surface area contributed by atoms with Gasteiger partial charge in [0.05, 0.1) is 12.2 Å². The van der Waals surface area contributed by atoms with Crippen LogP contribution in [0.15, 0.2) is 0 Å². The van der Waals surface area contributed by atoms with Crippen LogP contribution in [0.4, 0.5) is 4.79 Å². The third-order valence-electron chi connectivity index (χ3n) is 6.49. The van der Waals surface area contributed by atoms with Crippen LogP contribution in [0, 0.1) is 11.3 Å². The molecule has 4 fully saturated rings. The molecule has 3 atom stereocenters. The van der Waals surface area contributed by atoms with Gasteiger partial charge < -0.3 is 19.8 Å². The number of aliphatic hydroxyl groups is 2. The molecule has 2 bridgehead atoms. The summed E-state index contributed by atoms with van der Waals surface area (Å²) in [5.41, 5.74) is -1.98. The molecule has 0 aromatic carbocycles. The van der Waals surface area contributed by atoms with Crippen LogP contribution < -0.4 is 0 Å². The summed E-state index contributed by atoms with van der Waals surface area (Å²) in [7, 11) is 0. The molecule has 2 N–H and O–H groups in total. The lowest BCUT2D eigenvalue weighted by molar-refractivity contribution is -0.205. The Labute approximate surface area is 145 Å². The molecule has 0 spiro atoms. The molecule has 2 aliphatic heterocycles. The molecule has 0 aromatic heterocycles. The molecule has 24 heavy (non-hydrogen) atoms. The Hall–Kier alpha value is -0.810. The lowest BCUT2D eigenvalue weighted by Gasteiger charge is -2.62. The lowest BCUT2D eigenvalue weighted by Crippen LogP contribution is -2.70. The number of rotatable bonds is 2. The number of ether oxygens (including phenoxy) is 1. The van der Waals surface area contributed by atoms with Crippen molar-refractivity contribution < 1.29 is 19.7 Å². The third kappa shape index (κ3) is 2.94. The predicted octanol–water partition coefficient (Wildman–Crippen LogP) is 3.08. The highest BCUT2D eigenvalue weighted by Gasteiger charge is 2.62. The molecule has 138 valence electrons. The monoisotopic (exact) mass is 339 g/mol. The Morgan fingerprint density at radius 3 is 2.42 bits per heavy atom. The van der Waals surface area contributed by atoms with Gasteiger partial charge in [0, 0.05) is 18.0 Å². The average molecular weight is 339 g/mol. The highest BCUT2D eigenvalue weighted by atomic mass is 16.6. The minimum absolute atomic E-state index is 0.0516. The third-order valence-corrected chi connectivity index (χ3v) is 6.49. The summed E-state index contributed by atoms with van der Waals surface area (Å²) in [5.74, 6) is 0.348. The van der Waals surface area contributed by atoms with Gasteiger partial charge in [-0.25, -0.2) is 4.79 Å². The number of carbonyl (C=O) groups is 1. The first-order valence-corrected chi connectivity index (χ1v) is 9.54. The van der Waals surface area contributed by atoms with Gasteiger partial charge in [0.1, 0.15) is 5.60 Å². The SMILES string of the molecule is CC(C)(C)OC(=O)N1CC2CCC1C(CO)(C1(O)CCCCC1)C2. The van der Waals surface area contributed by atoms with Crippen LogP contribution in [0.25, 0.3) is 0 Å². The molecule has 0 aromatic rings. The molecule has 4 rings (SSSR count). The zero-order chi connectivity index (χ0) is 17.6. The predicted molar refractivity (Wildman–Crippen MR) is 91.6 cm³/mol. The molecule has 4 aliphatic rings. The quantitative estimate of drug-likeness (QED) is 0.811. The Morgan fingerprint density at radius 1 is 1.21 bits per heavy atom. The normalized spacial score (nSPS) is 35.8. The largest absolute Gasteiger partial charge is 0.444 e. The fourth-order valence-corrected chi connectivity index (χ4v) is 5.41. The fraction of sp³-hybridized carbons (Fsp3) is 0.947. The smallest absolute Gasteiger partial charge is 0.410 e. The number of fused-ring (bicyclic) bond motifs is 3. The van der Waals surface area contributed by atoms with Gasteiger partial charge in [-0.1, -0.05) is 19.3 Å². The Bertz CT molecular complexity index is 480. The minimum atomic E-state index is -0.857. The molecular weight excluding hydrogens is 306 g/mol. The van der Waals surface area contributed by atoms with Gasteiger partial charge in [0.2, 0.25) is 0 Å². The molecule has 2 saturated heterocycles. The van der Waals surface area contributed by atoms with E-state index in [1.165, 1.54) is 0 Å². The van der Waals surface area contributed by atoms with Crippen LogP contribution in [-0.2, 0) is 4.74 Å². The molecule has 5 nitrogen and oxygen atoms in total. The standard InChI is InChI=1S/C19H33NO4/c1-17(2,3)24-16(22)20-12-14-7-8-15(20)18(11-14,13-21)19(23)9-5-4-6-10-19/h14-15,21,23H,4-13H2,1-3H3. The molecular formula is C19H33NO4. The molecule has 2 aliphatic carbocycles. The summed E-state index contributed by atoms with van der Waals surface area (Å²) in [6, 6.07) is -0.120. The van der Waals surface area contributed by atoms with E-state index in [9.17, 15) is 15.0 Å². The second kappa shape index (κ2) is 6.17. The molecule has 2 heterocycles. The van der Waals surface area contributed by atoms with Crippen molar-refractivity contribution in [1.29, 1.82) is 0 Å². The van der Waals surface area contributed by atoms with Crippen molar-refractivity contribution in [1.82, 2.24) is 4.90 Å². The fourth-order valence-electron chi connectivity index (χ4n) is 5.41. The highest BCUT2D eigenvalue weighted by Crippen LogP contribution is 2.56. The maximum atomic E-state index is 12.7. The molecule has 0 radical (unpaired) electrons. The topological polar surface area (TPSA) is 70.0 Å². The van der Waals surface area contributed by atoms with E-state index in [1.807, 2.05) is 25.7 Å². The van der Waals surface area contributed by atoms with Gasteiger partial charge in [-0.2, -0.15) is 0 Å². The van der Waals surface area contributed by atoms with Gasteiger partial charge in [-0.15, -0.1) is 0 Å². The maximum absolute atomic E-state index is 12.7. The van der Waals surface area contributed by atoms with E-state index < -0.39 is 16.6 Å². The number of hydrogen-bond donors (Lipinski definition) is 2. The zero-order valence-electron chi connectivity index (χ0n) is 15.4. The van der Waals surface area contributed by atoms with Crippen molar-refractivity contribution in [2.75, 3.05) is 13.2 Å². The molecule has 5 heteroatoms. The van der Waals surface area contributed by atoms with E-state index in [-0.39, 0.29) is 18.7 Å². The molecule has 2 saturated carbocycles. The van der Waals surface area contributed by atoms with E-state index in [0.29, 0.717) is 12.5 Å². The Kier molecular flexibility index (Phi) is 4.63. The number of piperidine rings is 2. The van der Waals surface area contributed by atoms with Gasteiger partial charge in [0.25, 0.3) is 0 Å². The van der Waals surface area contributed by atoms with E-state index in [1.54, 1.807) is 0 Å². The van der Waals surface area contributed by atoms with Crippen molar-refractivity contribution in [3.05, 3.63) is 0 Å². The number of hydrogen-bond acceptors (Lipinski definition) is 4. The van der Waals surface area contributed by atoms with Gasteiger partial charge in [-0.05, 0) is 58.8 Å².